The summed E-state index contributed by atoms with van der Waals surface area (Å²) < 4.78 is 38.7. The van der Waals surface area contributed by atoms with Crippen molar-refractivity contribution in [3.05, 3.63) is 83.1 Å². The van der Waals surface area contributed by atoms with Crippen LogP contribution in [0.3, 0.4) is 0 Å². The van der Waals surface area contributed by atoms with Crippen molar-refractivity contribution in [3.8, 4) is 0 Å². The van der Waals surface area contributed by atoms with Crippen molar-refractivity contribution >= 4 is 68.9 Å². The summed E-state index contributed by atoms with van der Waals surface area (Å²) in [6.45, 7) is -0.0184. The van der Waals surface area contributed by atoms with Crippen LogP contribution in [-0.4, -0.2) is 114 Å². The Morgan fingerprint density at radius 1 is 0.857 bits per heavy atom. The van der Waals surface area contributed by atoms with Gasteiger partial charge in [0.2, 0.25) is 5.69 Å². The first-order chi connectivity index (χ1) is 26.5. The molecule has 2 atom stereocenters. The molecule has 20 heteroatoms. The Morgan fingerprint density at radius 2 is 1.43 bits per heavy atom. The van der Waals surface area contributed by atoms with E-state index < -0.39 is 94.1 Å². The molecule has 7 N–H and O–H groups in total. The highest BCUT2D eigenvalue weighted by Crippen LogP contribution is 2.54. The van der Waals surface area contributed by atoms with Gasteiger partial charge in [-0.25, -0.2) is 5.26 Å². The van der Waals surface area contributed by atoms with Crippen molar-refractivity contribution in [2.45, 2.75) is 55.5 Å². The Bertz CT molecular complexity index is 2100. The quantitative estimate of drug-likeness (QED) is 0.0192. The minimum atomic E-state index is -4.43. The Morgan fingerprint density at radius 3 is 2.00 bits per heavy atom. The highest BCUT2D eigenvalue weighted by Gasteiger charge is 2.56. The number of hydrogen-bond acceptors (Lipinski definition) is 13. The van der Waals surface area contributed by atoms with E-state index in [0.29, 0.717) is 23.4 Å². The number of carbonyl (C=O) groups is 5. The minimum Gasteiger partial charge on any atom is -0.481 e. The van der Waals surface area contributed by atoms with Crippen LogP contribution in [0.4, 0.5) is 11.4 Å². The number of carboxylic acids is 4. The molecule has 1 aliphatic carbocycles. The van der Waals surface area contributed by atoms with E-state index in [0.717, 1.165) is 12.0 Å². The van der Waals surface area contributed by atoms with Crippen LogP contribution in [0.15, 0.2) is 72.0 Å². The maximum Gasteiger partial charge on any atom is 0.304 e. The molecule has 3 aliphatic rings. The molecule has 2 aromatic carbocycles. The summed E-state index contributed by atoms with van der Waals surface area (Å²) in [4.78, 5) is 65.1. The predicted molar refractivity (Wildman–Crippen MR) is 196 cm³/mol. The largest absolute Gasteiger partial charge is 0.481 e. The number of benzene rings is 2. The number of aliphatic carboxylic acids is 4. The Labute approximate surface area is 323 Å². The highest BCUT2D eigenvalue weighted by molar-refractivity contribution is 7.94. The Kier molecular flexibility index (Phi) is 12.8. The SMILES string of the molecule is O=C(O)CC1(CC(=O)O)C(=CC2C(=O)C(=CC3=[N+](CCCSOOO)c4ccccc4C3(CC(=O)O)CC(=O)O)C2O)N(CCCS(=O)(=O)O)c2ccccc21. The third-order valence-corrected chi connectivity index (χ3v) is 11.6. The van der Waals surface area contributed by atoms with Gasteiger partial charge in [0.1, 0.15) is 12.0 Å². The normalized spacial score (nSPS) is 20.9. The fourth-order valence-electron chi connectivity index (χ4n) is 8.09. The summed E-state index contributed by atoms with van der Waals surface area (Å²) in [6.07, 6.45) is -1.89. The topological polar surface area (TPSA) is 286 Å². The number of para-hydroxylation sites is 2. The van der Waals surface area contributed by atoms with E-state index in [1.54, 1.807) is 47.0 Å². The first-order valence-electron chi connectivity index (χ1n) is 17.2. The van der Waals surface area contributed by atoms with E-state index in [-0.39, 0.29) is 47.8 Å². The monoisotopic (exact) mass is 819 g/mol. The van der Waals surface area contributed by atoms with Gasteiger partial charge >= 0.3 is 23.9 Å². The van der Waals surface area contributed by atoms with Gasteiger partial charge in [0, 0.05) is 65.4 Å². The van der Waals surface area contributed by atoms with Crippen LogP contribution in [0.25, 0.3) is 0 Å². The lowest BCUT2D eigenvalue weighted by Crippen LogP contribution is -2.47. The molecule has 0 spiro atoms. The number of anilines is 1. The standard InChI is InChI=1S/C36H38N2O16S2/c39-29(40)17-35(18-30(41)42)23-7-1-3-9-25(23)37(11-5-13-55-54-53-49)27(35)15-21-33(47)22(34(21)48)16-28-36(19-31(43)44,20-32(45)46)24-8-2-4-10-26(24)38(28)12-6-14-56(50,51)52/h1-4,7-10,15-16,22,33,47H,5-6,11-14,17-20H2,(H5-,39,40,41,42,43,44,45,46,49,50,51,52)/p+1. The molecule has 2 aromatic rings. The first-order valence-corrected chi connectivity index (χ1v) is 19.7. The van der Waals surface area contributed by atoms with Crippen molar-refractivity contribution in [1.82, 2.24) is 0 Å². The van der Waals surface area contributed by atoms with Crippen molar-refractivity contribution in [2.75, 3.05) is 29.5 Å². The van der Waals surface area contributed by atoms with Gasteiger partial charge in [-0.2, -0.15) is 13.0 Å². The third kappa shape index (κ3) is 8.55. The molecule has 0 bridgehead atoms. The first kappa shape index (κ1) is 42.2. The summed E-state index contributed by atoms with van der Waals surface area (Å²) in [5.74, 6) is -7.97. The van der Waals surface area contributed by atoms with E-state index in [2.05, 4.69) is 9.37 Å². The number of rotatable bonds is 20. The molecule has 1 saturated carbocycles. The van der Waals surface area contributed by atoms with Gasteiger partial charge in [-0.1, -0.05) is 47.5 Å². The summed E-state index contributed by atoms with van der Waals surface area (Å²) in [7, 11) is -4.43. The van der Waals surface area contributed by atoms with E-state index in [4.69, 9.17) is 5.26 Å². The summed E-state index contributed by atoms with van der Waals surface area (Å²) in [6, 6.07) is 12.8. The number of aliphatic hydroxyl groups excluding tert-OH is 1. The molecule has 18 nitrogen and oxygen atoms in total. The number of ketones is 1. The van der Waals surface area contributed by atoms with E-state index in [1.807, 2.05) is 0 Å². The molecule has 5 rings (SSSR count). The molecule has 2 aliphatic heterocycles. The number of Topliss-reactive ketones (excluding diaryl/α,β-unsaturated/α-hetero) is 1. The zero-order valence-electron chi connectivity index (χ0n) is 29.5. The highest BCUT2D eigenvalue weighted by atomic mass is 32.2. The molecule has 0 amide bonds. The van der Waals surface area contributed by atoms with Crippen LogP contribution in [-0.2, 0) is 54.3 Å². The molecule has 56 heavy (non-hydrogen) atoms. The number of fused-ring (bicyclic) bond motifs is 2. The zero-order chi connectivity index (χ0) is 41.0. The van der Waals surface area contributed by atoms with E-state index in [1.165, 1.54) is 23.1 Å². The lowest BCUT2D eigenvalue weighted by atomic mass is 9.67. The van der Waals surface area contributed by atoms with Crippen LogP contribution >= 0.6 is 12.0 Å². The zero-order valence-corrected chi connectivity index (χ0v) is 31.1. The minimum absolute atomic E-state index is 0.00974. The molecular formula is C36H39N2O16S2+. The van der Waals surface area contributed by atoms with Crippen molar-refractivity contribution in [2.24, 2.45) is 5.92 Å². The van der Waals surface area contributed by atoms with Gasteiger partial charge < -0.3 is 30.4 Å². The molecule has 1 fully saturated rings. The van der Waals surface area contributed by atoms with Gasteiger partial charge in [0.15, 0.2) is 11.5 Å². The number of hydrogen-bond donors (Lipinski definition) is 7. The van der Waals surface area contributed by atoms with Crippen LogP contribution in [0, 0.1) is 5.92 Å². The van der Waals surface area contributed by atoms with E-state index >= 15 is 0 Å². The average molecular weight is 820 g/mol. The fraction of sp³-hybridized carbons (Fsp3) is 0.389. The molecule has 0 aromatic heterocycles. The van der Waals surface area contributed by atoms with Crippen LogP contribution in [0.2, 0.25) is 0 Å². The van der Waals surface area contributed by atoms with Crippen LogP contribution in [0.5, 0.6) is 0 Å². The second kappa shape index (κ2) is 17.0. The maximum atomic E-state index is 14.1. The number of aliphatic hydroxyl groups is 1. The van der Waals surface area contributed by atoms with Crippen molar-refractivity contribution < 1.29 is 81.7 Å². The van der Waals surface area contributed by atoms with Crippen LogP contribution < -0.4 is 4.90 Å². The summed E-state index contributed by atoms with van der Waals surface area (Å²) in [5, 5.41) is 64.1. The third-order valence-electron chi connectivity index (χ3n) is 10.1. The molecule has 0 radical (unpaired) electrons. The average Bonchev–Trinajstić information content (AvgIpc) is 3.49. The smallest absolute Gasteiger partial charge is 0.304 e. The fourth-order valence-corrected chi connectivity index (χ4v) is 8.94. The second-order valence-corrected chi connectivity index (χ2v) is 16.0. The number of carbonyl (C=O) groups excluding carboxylic acids is 1. The molecular weight excluding hydrogens is 781 g/mol. The molecule has 0 saturated heterocycles. The lowest BCUT2D eigenvalue weighted by Gasteiger charge is -2.37. The van der Waals surface area contributed by atoms with Gasteiger partial charge in [0.25, 0.3) is 10.1 Å². The van der Waals surface area contributed by atoms with Crippen LogP contribution in [0.1, 0.15) is 49.7 Å². The van der Waals surface area contributed by atoms with Gasteiger partial charge in [-0.3, -0.25) is 28.5 Å². The number of nitrogens with zero attached hydrogens (tertiary/aromatic N) is 2. The summed E-state index contributed by atoms with van der Waals surface area (Å²) in [5.41, 5.74) is -2.17. The number of carboxylic acid groups (broad SMARTS) is 4. The van der Waals surface area contributed by atoms with Crippen molar-refractivity contribution in [3.63, 3.8) is 0 Å². The van der Waals surface area contributed by atoms with Gasteiger partial charge in [-0.05, 0) is 18.1 Å². The van der Waals surface area contributed by atoms with E-state index in [9.17, 15) is 62.5 Å². The van der Waals surface area contributed by atoms with Crippen molar-refractivity contribution in [1.29, 1.82) is 0 Å². The maximum absolute atomic E-state index is 14.1. The molecule has 2 unspecified atom stereocenters. The Balaban J connectivity index is 1.65. The van der Waals surface area contributed by atoms with Gasteiger partial charge in [-0.15, -0.1) is 4.33 Å². The number of allylic oxidation sites excluding steroid dienone is 2. The Hall–Kier alpha value is -4.96. The summed E-state index contributed by atoms with van der Waals surface area (Å²) >= 11 is 0.762. The molecule has 300 valence electrons. The van der Waals surface area contributed by atoms with Gasteiger partial charge in [0.05, 0.1) is 48.9 Å². The second-order valence-electron chi connectivity index (χ2n) is 13.6. The molecule has 2 heterocycles. The predicted octanol–water partition coefficient (Wildman–Crippen LogP) is 2.79. The lowest BCUT2D eigenvalue weighted by molar-refractivity contribution is -0.438.